The van der Waals surface area contributed by atoms with E-state index in [1.807, 2.05) is 24.7 Å². The number of hydrogen-bond acceptors (Lipinski definition) is 3. The highest BCUT2D eigenvalue weighted by Crippen LogP contribution is 2.09. The summed E-state index contributed by atoms with van der Waals surface area (Å²) in [5.41, 5.74) is 3.69. The molecule has 0 aliphatic heterocycles. The SMILES string of the molecule is CCCN(Cc1cccnc1)Cc1ccc(CC)cn1. The third-order valence-electron chi connectivity index (χ3n) is 3.35. The van der Waals surface area contributed by atoms with E-state index >= 15 is 0 Å². The van der Waals surface area contributed by atoms with E-state index in [1.165, 1.54) is 11.1 Å². The van der Waals surface area contributed by atoms with Gasteiger partial charge in [-0.25, -0.2) is 0 Å². The average molecular weight is 269 g/mol. The van der Waals surface area contributed by atoms with Gasteiger partial charge in [0.15, 0.2) is 0 Å². The molecule has 0 bridgehead atoms. The predicted molar refractivity (Wildman–Crippen MR) is 82.3 cm³/mol. The van der Waals surface area contributed by atoms with Gasteiger partial charge in [-0.1, -0.05) is 26.0 Å². The number of hydrogen-bond donors (Lipinski definition) is 0. The van der Waals surface area contributed by atoms with E-state index in [1.54, 1.807) is 0 Å². The van der Waals surface area contributed by atoms with Gasteiger partial charge < -0.3 is 0 Å². The molecule has 0 atom stereocenters. The Kier molecular flexibility index (Phi) is 5.69. The number of aromatic nitrogens is 2. The summed E-state index contributed by atoms with van der Waals surface area (Å²) in [6.07, 6.45) is 7.94. The van der Waals surface area contributed by atoms with E-state index in [0.717, 1.165) is 38.2 Å². The maximum atomic E-state index is 4.56. The van der Waals surface area contributed by atoms with Crippen LogP contribution in [0.4, 0.5) is 0 Å². The molecule has 2 aromatic heterocycles. The molecule has 0 unspecified atom stereocenters. The van der Waals surface area contributed by atoms with Crippen LogP contribution in [0.3, 0.4) is 0 Å². The van der Waals surface area contributed by atoms with Crippen molar-refractivity contribution in [2.45, 2.75) is 39.8 Å². The molecule has 106 valence electrons. The second-order valence-corrected chi connectivity index (χ2v) is 5.08. The van der Waals surface area contributed by atoms with Gasteiger partial charge >= 0.3 is 0 Å². The molecule has 20 heavy (non-hydrogen) atoms. The number of rotatable bonds is 7. The van der Waals surface area contributed by atoms with Crippen LogP contribution in [0.15, 0.2) is 42.9 Å². The lowest BCUT2D eigenvalue weighted by atomic mass is 10.2. The summed E-state index contributed by atoms with van der Waals surface area (Å²) in [5, 5.41) is 0. The predicted octanol–water partition coefficient (Wildman–Crippen LogP) is 3.45. The fourth-order valence-corrected chi connectivity index (χ4v) is 2.27. The summed E-state index contributed by atoms with van der Waals surface area (Å²) in [5.74, 6) is 0. The molecule has 0 saturated heterocycles. The van der Waals surface area contributed by atoms with Crippen LogP contribution in [0.5, 0.6) is 0 Å². The van der Waals surface area contributed by atoms with Gasteiger partial charge in [0.25, 0.3) is 0 Å². The van der Waals surface area contributed by atoms with Crippen molar-refractivity contribution in [2.24, 2.45) is 0 Å². The monoisotopic (exact) mass is 269 g/mol. The van der Waals surface area contributed by atoms with E-state index < -0.39 is 0 Å². The molecule has 0 aromatic carbocycles. The Bertz CT molecular complexity index is 493. The van der Waals surface area contributed by atoms with E-state index in [4.69, 9.17) is 0 Å². The Hall–Kier alpha value is -1.74. The molecular weight excluding hydrogens is 246 g/mol. The highest BCUT2D eigenvalue weighted by atomic mass is 15.1. The first-order valence-electron chi connectivity index (χ1n) is 7.37. The molecule has 2 aromatic rings. The molecule has 3 nitrogen and oxygen atoms in total. The number of aryl methyl sites for hydroxylation is 1. The highest BCUT2D eigenvalue weighted by molar-refractivity contribution is 5.14. The summed E-state index contributed by atoms with van der Waals surface area (Å²) in [6, 6.07) is 8.44. The van der Waals surface area contributed by atoms with Crippen LogP contribution in [-0.4, -0.2) is 21.4 Å². The van der Waals surface area contributed by atoms with E-state index in [9.17, 15) is 0 Å². The van der Waals surface area contributed by atoms with Crippen molar-refractivity contribution in [3.8, 4) is 0 Å². The zero-order chi connectivity index (χ0) is 14.2. The molecule has 0 radical (unpaired) electrons. The molecule has 3 heteroatoms. The Morgan fingerprint density at radius 2 is 1.90 bits per heavy atom. The van der Waals surface area contributed by atoms with Crippen molar-refractivity contribution in [3.63, 3.8) is 0 Å². The van der Waals surface area contributed by atoms with Crippen molar-refractivity contribution in [1.82, 2.24) is 14.9 Å². The molecule has 0 aliphatic carbocycles. The van der Waals surface area contributed by atoms with Crippen LogP contribution in [0.1, 0.15) is 37.1 Å². The Balaban J connectivity index is 2.00. The third kappa shape index (κ3) is 4.42. The van der Waals surface area contributed by atoms with Gasteiger partial charge in [-0.2, -0.15) is 0 Å². The van der Waals surface area contributed by atoms with Crippen molar-refractivity contribution >= 4 is 0 Å². The van der Waals surface area contributed by atoms with Crippen LogP contribution in [0, 0.1) is 0 Å². The summed E-state index contributed by atoms with van der Waals surface area (Å²) in [6.45, 7) is 7.27. The molecule has 0 fully saturated rings. The molecule has 0 saturated carbocycles. The standard InChI is InChI=1S/C17H23N3/c1-3-10-20(13-16-6-5-9-18-11-16)14-17-8-7-15(4-2)12-19-17/h5-9,11-12H,3-4,10,13-14H2,1-2H3. The summed E-state index contributed by atoms with van der Waals surface area (Å²) < 4.78 is 0. The smallest absolute Gasteiger partial charge is 0.0544 e. The molecule has 0 amide bonds. The summed E-state index contributed by atoms with van der Waals surface area (Å²) in [4.78, 5) is 11.2. The van der Waals surface area contributed by atoms with Gasteiger partial charge in [-0.15, -0.1) is 0 Å². The minimum atomic E-state index is 0.896. The maximum absolute atomic E-state index is 4.56. The highest BCUT2D eigenvalue weighted by Gasteiger charge is 2.07. The van der Waals surface area contributed by atoms with E-state index in [2.05, 4.69) is 46.9 Å². The molecular formula is C17H23N3. The lowest BCUT2D eigenvalue weighted by Gasteiger charge is -2.21. The van der Waals surface area contributed by atoms with Crippen molar-refractivity contribution in [2.75, 3.05) is 6.54 Å². The van der Waals surface area contributed by atoms with Gasteiger partial charge in [0.05, 0.1) is 5.69 Å². The van der Waals surface area contributed by atoms with Crippen molar-refractivity contribution in [3.05, 3.63) is 59.7 Å². The summed E-state index contributed by atoms with van der Waals surface area (Å²) in [7, 11) is 0. The molecule has 0 N–H and O–H groups in total. The Labute approximate surface area is 121 Å². The van der Waals surface area contributed by atoms with E-state index in [0.29, 0.717) is 0 Å². The fourth-order valence-electron chi connectivity index (χ4n) is 2.27. The fraction of sp³-hybridized carbons (Fsp3) is 0.412. The quantitative estimate of drug-likeness (QED) is 0.771. The lowest BCUT2D eigenvalue weighted by Crippen LogP contribution is -2.24. The second-order valence-electron chi connectivity index (χ2n) is 5.08. The Morgan fingerprint density at radius 3 is 2.50 bits per heavy atom. The van der Waals surface area contributed by atoms with Crippen LogP contribution >= 0.6 is 0 Å². The van der Waals surface area contributed by atoms with Crippen LogP contribution < -0.4 is 0 Å². The second kappa shape index (κ2) is 7.75. The molecule has 2 rings (SSSR count). The minimum Gasteiger partial charge on any atom is -0.293 e. The van der Waals surface area contributed by atoms with Crippen LogP contribution in [0.25, 0.3) is 0 Å². The molecule has 0 spiro atoms. The van der Waals surface area contributed by atoms with Gasteiger partial charge in [-0.05, 0) is 42.6 Å². The van der Waals surface area contributed by atoms with Gasteiger partial charge in [0, 0.05) is 31.7 Å². The maximum Gasteiger partial charge on any atom is 0.0544 e. The number of pyridine rings is 2. The van der Waals surface area contributed by atoms with Crippen molar-refractivity contribution < 1.29 is 0 Å². The van der Waals surface area contributed by atoms with E-state index in [-0.39, 0.29) is 0 Å². The lowest BCUT2D eigenvalue weighted by molar-refractivity contribution is 0.254. The molecule has 2 heterocycles. The Morgan fingerprint density at radius 1 is 1.00 bits per heavy atom. The van der Waals surface area contributed by atoms with Crippen molar-refractivity contribution in [1.29, 1.82) is 0 Å². The van der Waals surface area contributed by atoms with Crippen LogP contribution in [-0.2, 0) is 19.5 Å². The van der Waals surface area contributed by atoms with Gasteiger partial charge in [0.2, 0.25) is 0 Å². The average Bonchev–Trinajstić information content (AvgIpc) is 2.49. The first kappa shape index (κ1) is 14.7. The largest absolute Gasteiger partial charge is 0.293 e. The van der Waals surface area contributed by atoms with Gasteiger partial charge in [-0.3, -0.25) is 14.9 Å². The van der Waals surface area contributed by atoms with Crippen LogP contribution in [0.2, 0.25) is 0 Å². The van der Waals surface area contributed by atoms with Gasteiger partial charge in [0.1, 0.15) is 0 Å². The first-order chi connectivity index (χ1) is 9.81. The summed E-state index contributed by atoms with van der Waals surface area (Å²) >= 11 is 0. The number of nitrogens with zero attached hydrogens (tertiary/aromatic N) is 3. The zero-order valence-electron chi connectivity index (χ0n) is 12.4. The molecule has 0 aliphatic rings. The topological polar surface area (TPSA) is 29.0 Å². The third-order valence-corrected chi connectivity index (χ3v) is 3.35. The minimum absolute atomic E-state index is 0.896. The zero-order valence-corrected chi connectivity index (χ0v) is 12.4. The first-order valence-corrected chi connectivity index (χ1v) is 7.37. The normalized spacial score (nSPS) is 10.9.